The Kier molecular flexibility index (Phi) is 4.74. The average Bonchev–Trinajstić information content (AvgIpc) is 2.31. The molecule has 0 atom stereocenters. The van der Waals surface area contributed by atoms with Crippen molar-refractivity contribution < 1.29 is 5.11 Å². The van der Waals surface area contributed by atoms with Gasteiger partial charge in [0.25, 0.3) is 0 Å². The molecule has 1 N–H and O–H groups in total. The van der Waals surface area contributed by atoms with Crippen LogP contribution in [0.2, 0.25) is 0 Å². The smallest absolute Gasteiger partial charge is 0.0692 e. The summed E-state index contributed by atoms with van der Waals surface area (Å²) in [6, 6.07) is 6.14. The topological polar surface area (TPSA) is 20.2 Å². The number of aliphatic hydroxyl groups is 1. The Morgan fingerprint density at radius 3 is 2.69 bits per heavy atom. The molecule has 1 fully saturated rings. The maximum absolute atomic E-state index is 9.31. The molecule has 0 aliphatic heterocycles. The van der Waals surface area contributed by atoms with E-state index in [-0.39, 0.29) is 6.61 Å². The quantitative estimate of drug-likeness (QED) is 0.895. The summed E-state index contributed by atoms with van der Waals surface area (Å²) in [6.45, 7) is 0.141. The number of thioether (sulfide) groups is 1. The molecular weight excluding hydrogens is 284 g/mol. The van der Waals surface area contributed by atoms with Gasteiger partial charge in [-0.1, -0.05) is 41.3 Å². The van der Waals surface area contributed by atoms with Crippen LogP contribution in [0.3, 0.4) is 0 Å². The third-order valence-electron chi connectivity index (χ3n) is 3.05. The second-order valence-electron chi connectivity index (χ2n) is 4.29. The van der Waals surface area contributed by atoms with E-state index in [2.05, 4.69) is 22.0 Å². The maximum Gasteiger partial charge on any atom is 0.0692 e. The van der Waals surface area contributed by atoms with E-state index in [1.165, 1.54) is 37.0 Å². The van der Waals surface area contributed by atoms with Gasteiger partial charge in [0.15, 0.2) is 0 Å². The molecule has 1 aromatic rings. The summed E-state index contributed by atoms with van der Waals surface area (Å²) in [6.07, 6.45) is 6.76. The van der Waals surface area contributed by atoms with Crippen LogP contribution in [0.4, 0.5) is 0 Å². The SMILES string of the molecule is OCc1ccc(Br)cc1SC1CCCCC1. The molecule has 1 saturated carbocycles. The number of rotatable bonds is 3. The lowest BCUT2D eigenvalue weighted by Crippen LogP contribution is -2.08. The molecule has 0 heterocycles. The van der Waals surface area contributed by atoms with Crippen molar-refractivity contribution in [2.24, 2.45) is 0 Å². The fourth-order valence-electron chi connectivity index (χ4n) is 2.13. The van der Waals surface area contributed by atoms with E-state index in [9.17, 15) is 5.11 Å². The van der Waals surface area contributed by atoms with Crippen LogP contribution in [0.1, 0.15) is 37.7 Å². The molecule has 0 radical (unpaired) electrons. The van der Waals surface area contributed by atoms with Crippen LogP contribution in [0.15, 0.2) is 27.6 Å². The van der Waals surface area contributed by atoms with E-state index < -0.39 is 0 Å². The van der Waals surface area contributed by atoms with Crippen molar-refractivity contribution in [1.82, 2.24) is 0 Å². The second-order valence-corrected chi connectivity index (χ2v) is 6.55. The molecule has 1 aliphatic carbocycles. The minimum absolute atomic E-state index is 0.141. The number of aliphatic hydroxyl groups excluding tert-OH is 1. The van der Waals surface area contributed by atoms with Gasteiger partial charge in [-0.15, -0.1) is 11.8 Å². The Morgan fingerprint density at radius 2 is 2.00 bits per heavy atom. The van der Waals surface area contributed by atoms with E-state index in [1.807, 2.05) is 23.9 Å². The maximum atomic E-state index is 9.31. The molecule has 0 aromatic heterocycles. The zero-order chi connectivity index (χ0) is 11.4. The van der Waals surface area contributed by atoms with E-state index in [0.29, 0.717) is 0 Å². The van der Waals surface area contributed by atoms with Crippen LogP contribution in [0.25, 0.3) is 0 Å². The van der Waals surface area contributed by atoms with Gasteiger partial charge in [0.2, 0.25) is 0 Å². The molecule has 2 rings (SSSR count). The highest BCUT2D eigenvalue weighted by atomic mass is 79.9. The molecule has 0 unspecified atom stereocenters. The first-order valence-electron chi connectivity index (χ1n) is 5.85. The van der Waals surface area contributed by atoms with E-state index >= 15 is 0 Å². The van der Waals surface area contributed by atoms with Gasteiger partial charge in [-0.25, -0.2) is 0 Å². The number of hydrogen-bond acceptors (Lipinski definition) is 2. The predicted octanol–water partition coefficient (Wildman–Crippen LogP) is 4.37. The predicted molar refractivity (Wildman–Crippen MR) is 72.8 cm³/mol. The van der Waals surface area contributed by atoms with Crippen molar-refractivity contribution in [2.75, 3.05) is 0 Å². The van der Waals surface area contributed by atoms with E-state index in [1.54, 1.807) is 0 Å². The van der Waals surface area contributed by atoms with Gasteiger partial charge in [-0.2, -0.15) is 0 Å². The lowest BCUT2D eigenvalue weighted by Gasteiger charge is -2.22. The highest BCUT2D eigenvalue weighted by Gasteiger charge is 2.16. The van der Waals surface area contributed by atoms with Crippen LogP contribution < -0.4 is 0 Å². The largest absolute Gasteiger partial charge is 0.392 e. The summed E-state index contributed by atoms with van der Waals surface area (Å²) in [5.74, 6) is 0. The molecule has 88 valence electrons. The molecule has 1 nitrogen and oxygen atoms in total. The zero-order valence-corrected chi connectivity index (χ0v) is 11.7. The molecule has 0 amide bonds. The Labute approximate surface area is 110 Å². The number of benzene rings is 1. The van der Waals surface area contributed by atoms with Gasteiger partial charge >= 0.3 is 0 Å². The second kappa shape index (κ2) is 6.08. The summed E-state index contributed by atoms with van der Waals surface area (Å²) >= 11 is 5.44. The van der Waals surface area contributed by atoms with Gasteiger partial charge < -0.3 is 5.11 Å². The third-order valence-corrected chi connectivity index (χ3v) is 4.98. The summed E-state index contributed by atoms with van der Waals surface area (Å²) in [4.78, 5) is 1.24. The molecule has 0 saturated heterocycles. The van der Waals surface area contributed by atoms with Gasteiger partial charge in [0.1, 0.15) is 0 Å². The average molecular weight is 301 g/mol. The normalized spacial score (nSPS) is 17.6. The Morgan fingerprint density at radius 1 is 1.25 bits per heavy atom. The van der Waals surface area contributed by atoms with Crippen molar-refractivity contribution in [2.45, 2.75) is 48.9 Å². The van der Waals surface area contributed by atoms with Crippen molar-refractivity contribution in [3.63, 3.8) is 0 Å². The molecule has 16 heavy (non-hydrogen) atoms. The lowest BCUT2D eigenvalue weighted by molar-refractivity contribution is 0.279. The zero-order valence-electron chi connectivity index (χ0n) is 9.29. The summed E-state index contributed by atoms with van der Waals surface area (Å²) in [5.41, 5.74) is 1.05. The minimum atomic E-state index is 0.141. The van der Waals surface area contributed by atoms with Crippen LogP contribution in [-0.2, 0) is 6.61 Å². The Bertz CT molecular complexity index is 348. The van der Waals surface area contributed by atoms with Crippen LogP contribution in [-0.4, -0.2) is 10.4 Å². The first-order chi connectivity index (χ1) is 7.79. The first kappa shape index (κ1) is 12.5. The Hall–Kier alpha value is 0.01000. The molecule has 1 aliphatic rings. The van der Waals surface area contributed by atoms with E-state index in [4.69, 9.17) is 0 Å². The third kappa shape index (κ3) is 3.25. The van der Waals surface area contributed by atoms with Crippen molar-refractivity contribution in [3.8, 4) is 0 Å². The van der Waals surface area contributed by atoms with Gasteiger partial charge in [-0.3, -0.25) is 0 Å². The van der Waals surface area contributed by atoms with Gasteiger partial charge in [0.05, 0.1) is 6.61 Å². The minimum Gasteiger partial charge on any atom is -0.392 e. The van der Waals surface area contributed by atoms with Crippen LogP contribution >= 0.6 is 27.7 Å². The standard InChI is InChI=1S/C13H17BrOS/c14-11-7-6-10(9-15)13(8-11)16-12-4-2-1-3-5-12/h6-8,12,15H,1-5,9H2. The number of hydrogen-bond donors (Lipinski definition) is 1. The molecule has 0 spiro atoms. The summed E-state index contributed by atoms with van der Waals surface area (Å²) in [5, 5.41) is 10.1. The van der Waals surface area contributed by atoms with Crippen LogP contribution in [0, 0.1) is 0 Å². The fraction of sp³-hybridized carbons (Fsp3) is 0.538. The molecular formula is C13H17BrOS. The fourth-order valence-corrected chi connectivity index (χ4v) is 4.05. The molecule has 3 heteroatoms. The van der Waals surface area contributed by atoms with Crippen molar-refractivity contribution >= 4 is 27.7 Å². The number of halogens is 1. The highest BCUT2D eigenvalue weighted by Crippen LogP contribution is 2.36. The first-order valence-corrected chi connectivity index (χ1v) is 7.53. The summed E-state index contributed by atoms with van der Waals surface area (Å²) < 4.78 is 1.10. The van der Waals surface area contributed by atoms with Crippen molar-refractivity contribution in [3.05, 3.63) is 28.2 Å². The molecule has 0 bridgehead atoms. The Balaban J connectivity index is 2.09. The lowest BCUT2D eigenvalue weighted by atomic mass is 10.0. The van der Waals surface area contributed by atoms with Crippen molar-refractivity contribution in [1.29, 1.82) is 0 Å². The monoisotopic (exact) mass is 300 g/mol. The van der Waals surface area contributed by atoms with Gasteiger partial charge in [-0.05, 0) is 30.5 Å². The van der Waals surface area contributed by atoms with Crippen LogP contribution in [0.5, 0.6) is 0 Å². The highest BCUT2D eigenvalue weighted by molar-refractivity contribution is 9.10. The van der Waals surface area contributed by atoms with E-state index in [0.717, 1.165) is 15.3 Å². The molecule has 1 aromatic carbocycles. The van der Waals surface area contributed by atoms with Gasteiger partial charge in [0, 0.05) is 14.6 Å². The summed E-state index contributed by atoms with van der Waals surface area (Å²) in [7, 11) is 0.